The van der Waals surface area contributed by atoms with Gasteiger partial charge in [0.05, 0.1) is 12.6 Å². The van der Waals surface area contributed by atoms with Crippen LogP contribution in [0.2, 0.25) is 0 Å². The molecular weight excluding hydrogens is 210 g/mol. The lowest BCUT2D eigenvalue weighted by atomic mass is 10.3. The fraction of sp³-hybridized carbons (Fsp3) is 0.800. The lowest BCUT2D eigenvalue weighted by molar-refractivity contribution is -0.121. The molecule has 0 saturated carbocycles. The first-order chi connectivity index (χ1) is 7.67. The molecule has 1 atom stereocenters. The molecule has 0 spiro atoms. The van der Waals surface area contributed by atoms with Gasteiger partial charge in [-0.2, -0.15) is 0 Å². The minimum absolute atomic E-state index is 0.0752. The fourth-order valence-corrected chi connectivity index (χ4v) is 1.49. The maximum absolute atomic E-state index is 11.8. The van der Waals surface area contributed by atoms with Crippen molar-refractivity contribution in [2.45, 2.75) is 19.4 Å². The summed E-state index contributed by atoms with van der Waals surface area (Å²) < 4.78 is 5.16. The second-order valence-corrected chi connectivity index (χ2v) is 3.70. The highest BCUT2D eigenvalue weighted by Gasteiger charge is 2.21. The molecule has 6 nitrogen and oxygen atoms in total. The number of nitrogens with zero attached hydrogens (tertiary/aromatic N) is 1. The van der Waals surface area contributed by atoms with Gasteiger partial charge in [-0.25, -0.2) is 4.79 Å². The first kappa shape index (κ1) is 12.8. The molecule has 1 heterocycles. The Labute approximate surface area is 95.3 Å². The van der Waals surface area contributed by atoms with Gasteiger partial charge >= 0.3 is 6.03 Å². The molecule has 1 aliphatic heterocycles. The molecule has 0 bridgehead atoms. The number of hydrogen-bond acceptors (Lipinski definition) is 3. The van der Waals surface area contributed by atoms with Crippen LogP contribution in [0.15, 0.2) is 0 Å². The van der Waals surface area contributed by atoms with E-state index in [9.17, 15) is 9.59 Å². The SMILES string of the molecule is CCN(CC(=O)NC)C(=O)NC1CCOC1. The van der Waals surface area contributed by atoms with Gasteiger partial charge in [-0.15, -0.1) is 0 Å². The molecule has 6 heteroatoms. The molecule has 0 aliphatic carbocycles. The molecule has 3 amide bonds. The largest absolute Gasteiger partial charge is 0.379 e. The summed E-state index contributed by atoms with van der Waals surface area (Å²) in [6.07, 6.45) is 0.837. The topological polar surface area (TPSA) is 70.7 Å². The molecule has 16 heavy (non-hydrogen) atoms. The van der Waals surface area contributed by atoms with Crippen LogP contribution in [-0.2, 0) is 9.53 Å². The van der Waals surface area contributed by atoms with Crippen LogP contribution in [0.5, 0.6) is 0 Å². The zero-order valence-corrected chi connectivity index (χ0v) is 9.78. The molecule has 1 rings (SSSR count). The summed E-state index contributed by atoms with van der Waals surface area (Å²) in [5, 5.41) is 5.33. The van der Waals surface area contributed by atoms with Gasteiger partial charge in [-0.1, -0.05) is 0 Å². The number of carbonyl (C=O) groups is 2. The molecule has 2 N–H and O–H groups in total. The minimum atomic E-state index is -0.207. The molecule has 0 radical (unpaired) electrons. The summed E-state index contributed by atoms with van der Waals surface area (Å²) in [5.74, 6) is -0.167. The van der Waals surface area contributed by atoms with Crippen molar-refractivity contribution in [1.82, 2.24) is 15.5 Å². The van der Waals surface area contributed by atoms with Crippen LogP contribution >= 0.6 is 0 Å². The van der Waals surface area contributed by atoms with E-state index < -0.39 is 0 Å². The first-order valence-electron chi connectivity index (χ1n) is 5.51. The smallest absolute Gasteiger partial charge is 0.318 e. The third-order valence-electron chi connectivity index (χ3n) is 2.54. The molecule has 1 unspecified atom stereocenters. The third kappa shape index (κ3) is 3.69. The summed E-state index contributed by atoms with van der Waals surface area (Å²) in [6.45, 7) is 3.68. The van der Waals surface area contributed by atoms with Crippen molar-refractivity contribution < 1.29 is 14.3 Å². The number of rotatable bonds is 4. The maximum atomic E-state index is 11.8. The van der Waals surface area contributed by atoms with Crippen molar-refractivity contribution >= 4 is 11.9 Å². The Bertz CT molecular complexity index is 252. The van der Waals surface area contributed by atoms with E-state index in [0.29, 0.717) is 19.8 Å². The Kier molecular flexibility index (Phi) is 5.04. The van der Waals surface area contributed by atoms with Crippen LogP contribution in [0.1, 0.15) is 13.3 Å². The van der Waals surface area contributed by atoms with E-state index in [1.54, 1.807) is 7.05 Å². The van der Waals surface area contributed by atoms with E-state index in [2.05, 4.69) is 10.6 Å². The number of nitrogens with one attached hydrogen (secondary N) is 2. The van der Waals surface area contributed by atoms with Gasteiger partial charge in [0.1, 0.15) is 6.54 Å². The summed E-state index contributed by atoms with van der Waals surface area (Å²) in [5.41, 5.74) is 0. The molecular formula is C10H19N3O3. The van der Waals surface area contributed by atoms with Crippen LogP contribution in [0, 0.1) is 0 Å². The van der Waals surface area contributed by atoms with Gasteiger partial charge in [0.2, 0.25) is 5.91 Å². The molecule has 0 aromatic heterocycles. The van der Waals surface area contributed by atoms with E-state index in [1.807, 2.05) is 6.92 Å². The summed E-state index contributed by atoms with van der Waals surface area (Å²) in [4.78, 5) is 24.4. The van der Waals surface area contributed by atoms with Gasteiger partial charge in [-0.3, -0.25) is 4.79 Å². The van der Waals surface area contributed by atoms with E-state index in [-0.39, 0.29) is 24.5 Å². The minimum Gasteiger partial charge on any atom is -0.379 e. The number of carbonyl (C=O) groups excluding carboxylic acids is 2. The van der Waals surface area contributed by atoms with Gasteiger partial charge < -0.3 is 20.3 Å². The summed E-state index contributed by atoms with van der Waals surface area (Å²) in [7, 11) is 1.55. The number of likely N-dealkylation sites (N-methyl/N-ethyl adjacent to an activating group) is 2. The van der Waals surface area contributed by atoms with Crippen molar-refractivity contribution in [1.29, 1.82) is 0 Å². The highest BCUT2D eigenvalue weighted by molar-refractivity contribution is 5.83. The van der Waals surface area contributed by atoms with Crippen molar-refractivity contribution in [3.63, 3.8) is 0 Å². The number of ether oxygens (including phenoxy) is 1. The van der Waals surface area contributed by atoms with E-state index in [0.717, 1.165) is 6.42 Å². The lowest BCUT2D eigenvalue weighted by Gasteiger charge is -2.22. The average molecular weight is 229 g/mol. The Morgan fingerprint density at radius 1 is 1.50 bits per heavy atom. The number of amides is 3. The van der Waals surface area contributed by atoms with E-state index >= 15 is 0 Å². The number of urea groups is 1. The van der Waals surface area contributed by atoms with Crippen LogP contribution in [0.4, 0.5) is 4.79 Å². The Balaban J connectivity index is 2.38. The molecule has 1 aliphatic rings. The van der Waals surface area contributed by atoms with Gasteiger partial charge in [0, 0.05) is 20.2 Å². The van der Waals surface area contributed by atoms with Crippen LogP contribution in [-0.4, -0.2) is 56.2 Å². The Hall–Kier alpha value is -1.30. The average Bonchev–Trinajstić information content (AvgIpc) is 2.77. The lowest BCUT2D eigenvalue weighted by Crippen LogP contribution is -2.48. The zero-order valence-electron chi connectivity index (χ0n) is 9.78. The fourth-order valence-electron chi connectivity index (χ4n) is 1.49. The molecule has 0 aromatic rings. The van der Waals surface area contributed by atoms with Gasteiger partial charge in [0.25, 0.3) is 0 Å². The second kappa shape index (κ2) is 6.32. The van der Waals surface area contributed by atoms with Crippen molar-refractivity contribution in [3.8, 4) is 0 Å². The van der Waals surface area contributed by atoms with Crippen LogP contribution in [0.25, 0.3) is 0 Å². The van der Waals surface area contributed by atoms with Crippen molar-refractivity contribution in [2.24, 2.45) is 0 Å². The summed E-state index contributed by atoms with van der Waals surface area (Å²) >= 11 is 0. The number of hydrogen-bond donors (Lipinski definition) is 2. The monoisotopic (exact) mass is 229 g/mol. The highest BCUT2D eigenvalue weighted by atomic mass is 16.5. The predicted octanol–water partition coefficient (Wildman–Crippen LogP) is -0.447. The first-order valence-corrected chi connectivity index (χ1v) is 5.51. The maximum Gasteiger partial charge on any atom is 0.318 e. The molecule has 1 fully saturated rings. The Morgan fingerprint density at radius 3 is 2.75 bits per heavy atom. The van der Waals surface area contributed by atoms with Crippen LogP contribution in [0.3, 0.4) is 0 Å². The second-order valence-electron chi connectivity index (χ2n) is 3.70. The zero-order chi connectivity index (χ0) is 12.0. The quantitative estimate of drug-likeness (QED) is 0.686. The standard InChI is InChI=1S/C10H19N3O3/c1-3-13(6-9(14)11-2)10(15)12-8-4-5-16-7-8/h8H,3-7H2,1-2H3,(H,11,14)(H,12,15). The van der Waals surface area contributed by atoms with Crippen molar-refractivity contribution in [2.75, 3.05) is 33.4 Å². The summed E-state index contributed by atoms with van der Waals surface area (Å²) in [6, 6.07) is -0.132. The van der Waals surface area contributed by atoms with E-state index in [1.165, 1.54) is 4.90 Å². The molecule has 92 valence electrons. The Morgan fingerprint density at radius 2 is 2.25 bits per heavy atom. The molecule has 0 aromatic carbocycles. The predicted molar refractivity (Wildman–Crippen MR) is 59.1 cm³/mol. The normalized spacial score (nSPS) is 19.2. The third-order valence-corrected chi connectivity index (χ3v) is 2.54. The van der Waals surface area contributed by atoms with Crippen molar-refractivity contribution in [3.05, 3.63) is 0 Å². The molecule has 1 saturated heterocycles. The van der Waals surface area contributed by atoms with E-state index in [4.69, 9.17) is 4.74 Å². The van der Waals surface area contributed by atoms with Gasteiger partial charge in [0.15, 0.2) is 0 Å². The van der Waals surface area contributed by atoms with Gasteiger partial charge in [-0.05, 0) is 13.3 Å². The van der Waals surface area contributed by atoms with Crippen LogP contribution < -0.4 is 10.6 Å². The highest BCUT2D eigenvalue weighted by Crippen LogP contribution is 2.04.